The van der Waals surface area contributed by atoms with Crippen molar-refractivity contribution < 1.29 is 18.0 Å². The Balaban J connectivity index is 1.46. The van der Waals surface area contributed by atoms with Gasteiger partial charge in [-0.3, -0.25) is 14.3 Å². The molecule has 0 bridgehead atoms. The molecule has 1 aliphatic heterocycles. The molecule has 2 amide bonds. The van der Waals surface area contributed by atoms with Crippen molar-refractivity contribution in [3.63, 3.8) is 0 Å². The number of carbonyl (C=O) groups is 2. The monoisotopic (exact) mass is 489 g/mol. The number of fused-ring (bicyclic) bond motifs is 1. The number of hydrogen-bond acceptors (Lipinski definition) is 6. The molecule has 3 heterocycles. The molecule has 0 aliphatic carbocycles. The van der Waals surface area contributed by atoms with Gasteiger partial charge in [0.05, 0.1) is 15.5 Å². The highest BCUT2D eigenvalue weighted by molar-refractivity contribution is 7.89. The molecule has 1 aromatic carbocycles. The van der Waals surface area contributed by atoms with E-state index in [0.717, 1.165) is 22.5 Å². The maximum Gasteiger partial charge on any atom is 0.264 e. The highest BCUT2D eigenvalue weighted by atomic mass is 32.2. The van der Waals surface area contributed by atoms with Crippen molar-refractivity contribution in [3.05, 3.63) is 46.5 Å². The zero-order valence-corrected chi connectivity index (χ0v) is 20.4. The van der Waals surface area contributed by atoms with Crippen LogP contribution >= 0.6 is 11.3 Å². The lowest BCUT2D eigenvalue weighted by Gasteiger charge is -2.33. The lowest BCUT2D eigenvalue weighted by atomic mass is 10.2. The van der Waals surface area contributed by atoms with Crippen LogP contribution in [-0.4, -0.2) is 65.4 Å². The summed E-state index contributed by atoms with van der Waals surface area (Å²) in [4.78, 5) is 27.8. The molecule has 0 spiro atoms. The van der Waals surface area contributed by atoms with E-state index < -0.39 is 15.9 Å². The van der Waals surface area contributed by atoms with E-state index in [0.29, 0.717) is 23.9 Å². The van der Waals surface area contributed by atoms with Crippen LogP contribution in [0.25, 0.3) is 10.2 Å². The van der Waals surface area contributed by atoms with Crippen molar-refractivity contribution in [1.82, 2.24) is 19.0 Å². The molecule has 2 aromatic heterocycles. The number of thiophene rings is 1. The molecule has 0 unspecified atom stereocenters. The van der Waals surface area contributed by atoms with Gasteiger partial charge in [0, 0.05) is 43.7 Å². The summed E-state index contributed by atoms with van der Waals surface area (Å²) in [6, 6.07) is 7.46. The molecule has 176 valence electrons. The van der Waals surface area contributed by atoms with Gasteiger partial charge < -0.3 is 10.6 Å². The number of amides is 2. The fourth-order valence-corrected chi connectivity index (χ4v) is 6.48. The third-order valence-corrected chi connectivity index (χ3v) is 8.71. The predicted octanol–water partition coefficient (Wildman–Crippen LogP) is 2.31. The predicted molar refractivity (Wildman–Crippen MR) is 127 cm³/mol. The first-order chi connectivity index (χ1) is 15.6. The van der Waals surface area contributed by atoms with Crippen LogP contribution in [0.5, 0.6) is 0 Å². The highest BCUT2D eigenvalue weighted by Crippen LogP contribution is 2.30. The molecular formula is C22H27N5O4S2. The van der Waals surface area contributed by atoms with Gasteiger partial charge in [0.25, 0.3) is 5.91 Å². The molecule has 0 atom stereocenters. The Kier molecular flexibility index (Phi) is 6.30. The zero-order valence-electron chi connectivity index (χ0n) is 18.8. The smallest absolute Gasteiger partial charge is 0.264 e. The van der Waals surface area contributed by atoms with E-state index in [9.17, 15) is 18.0 Å². The van der Waals surface area contributed by atoms with Gasteiger partial charge in [0.2, 0.25) is 15.9 Å². The summed E-state index contributed by atoms with van der Waals surface area (Å²) in [6.07, 6.45) is 0. The number of aryl methyl sites for hydroxylation is 1. The van der Waals surface area contributed by atoms with E-state index in [1.54, 1.807) is 4.90 Å². The van der Waals surface area contributed by atoms with Gasteiger partial charge >= 0.3 is 0 Å². The van der Waals surface area contributed by atoms with E-state index in [2.05, 4.69) is 18.9 Å². The highest BCUT2D eigenvalue weighted by Gasteiger charge is 2.31. The number of nitrogens with zero attached hydrogens (tertiary/aromatic N) is 4. The fourth-order valence-electron chi connectivity index (χ4n) is 3.92. The lowest BCUT2D eigenvalue weighted by Crippen LogP contribution is -2.50. The van der Waals surface area contributed by atoms with Gasteiger partial charge in [-0.15, -0.1) is 11.3 Å². The Hall–Kier alpha value is -2.76. The van der Waals surface area contributed by atoms with Crippen LogP contribution in [0.15, 0.2) is 35.2 Å². The van der Waals surface area contributed by atoms with Gasteiger partial charge in [0.15, 0.2) is 0 Å². The number of rotatable bonds is 6. The quantitative estimate of drug-likeness (QED) is 0.570. The molecule has 3 aromatic rings. The molecule has 2 N–H and O–H groups in total. The van der Waals surface area contributed by atoms with Crippen LogP contribution in [-0.2, 0) is 16.6 Å². The Morgan fingerprint density at radius 2 is 1.76 bits per heavy atom. The van der Waals surface area contributed by atoms with Crippen LogP contribution < -0.4 is 5.73 Å². The number of sulfonamides is 1. The first-order valence-electron chi connectivity index (χ1n) is 10.7. The maximum atomic E-state index is 13.1. The Morgan fingerprint density at radius 3 is 2.33 bits per heavy atom. The van der Waals surface area contributed by atoms with Gasteiger partial charge in [-0.25, -0.2) is 8.42 Å². The number of carbonyl (C=O) groups excluding carboxylic acids is 2. The number of piperazine rings is 1. The summed E-state index contributed by atoms with van der Waals surface area (Å²) in [5.74, 6) is -0.259. The molecule has 11 heteroatoms. The second kappa shape index (κ2) is 8.88. The number of hydrogen-bond donors (Lipinski definition) is 1. The minimum absolute atomic E-state index is 0.0884. The minimum atomic E-state index is -3.72. The van der Waals surface area contributed by atoms with Gasteiger partial charge in [-0.2, -0.15) is 9.40 Å². The van der Waals surface area contributed by atoms with Crippen molar-refractivity contribution in [1.29, 1.82) is 0 Å². The zero-order chi connectivity index (χ0) is 23.9. The van der Waals surface area contributed by atoms with E-state index >= 15 is 0 Å². The molecule has 33 heavy (non-hydrogen) atoms. The van der Waals surface area contributed by atoms with E-state index in [1.807, 2.05) is 17.7 Å². The summed E-state index contributed by atoms with van der Waals surface area (Å²) in [5.41, 5.74) is 6.37. The van der Waals surface area contributed by atoms with E-state index in [-0.39, 0.29) is 29.5 Å². The van der Waals surface area contributed by atoms with Crippen LogP contribution in [0, 0.1) is 12.8 Å². The maximum absolute atomic E-state index is 13.1. The van der Waals surface area contributed by atoms with E-state index in [1.165, 1.54) is 39.9 Å². The molecule has 0 radical (unpaired) electrons. The first kappa shape index (κ1) is 23.4. The summed E-state index contributed by atoms with van der Waals surface area (Å²) in [6.45, 7) is 8.01. The fraction of sp³-hybridized carbons (Fsp3) is 0.409. The standard InChI is InChI=1S/C22H27N5O4S2/c1-14(2)13-27-22-18(15(3)24-27)12-19(32-22)21(29)25-8-10-26(11-9-25)33(30,31)17-6-4-16(5-7-17)20(23)28/h4-7,12,14H,8-11,13H2,1-3H3,(H2,23,28). The first-order valence-corrected chi connectivity index (χ1v) is 13.0. The van der Waals surface area contributed by atoms with Crippen LogP contribution in [0.1, 0.15) is 39.6 Å². The SMILES string of the molecule is Cc1nn(CC(C)C)c2sc(C(=O)N3CCN(S(=O)(=O)c4ccc(C(N)=O)cc4)CC3)cc12. The molecule has 4 rings (SSSR count). The second-order valence-corrected chi connectivity index (χ2v) is 11.5. The topological polar surface area (TPSA) is 119 Å². The third-order valence-electron chi connectivity index (χ3n) is 5.66. The summed E-state index contributed by atoms with van der Waals surface area (Å²) < 4.78 is 29.2. The van der Waals surface area contributed by atoms with Crippen LogP contribution in [0.4, 0.5) is 0 Å². The minimum Gasteiger partial charge on any atom is -0.366 e. The van der Waals surface area contributed by atoms with Gasteiger partial charge in [-0.05, 0) is 43.2 Å². The van der Waals surface area contributed by atoms with Crippen molar-refractivity contribution in [3.8, 4) is 0 Å². The van der Waals surface area contributed by atoms with Gasteiger partial charge in [0.1, 0.15) is 4.83 Å². The normalized spacial score (nSPS) is 15.5. The Morgan fingerprint density at radius 1 is 1.12 bits per heavy atom. The molecule has 0 saturated carbocycles. The number of aromatic nitrogens is 2. The Labute approximate surface area is 196 Å². The molecule has 9 nitrogen and oxygen atoms in total. The second-order valence-electron chi connectivity index (χ2n) is 8.58. The molecular weight excluding hydrogens is 462 g/mol. The number of benzene rings is 1. The number of primary amides is 1. The summed E-state index contributed by atoms with van der Waals surface area (Å²) >= 11 is 1.43. The third kappa shape index (κ3) is 4.53. The average Bonchev–Trinajstić information content (AvgIpc) is 3.34. The molecule has 1 fully saturated rings. The van der Waals surface area contributed by atoms with Crippen LogP contribution in [0.3, 0.4) is 0 Å². The average molecular weight is 490 g/mol. The summed E-state index contributed by atoms with van der Waals surface area (Å²) in [5, 5.41) is 5.58. The number of nitrogens with two attached hydrogens (primary N) is 1. The summed E-state index contributed by atoms with van der Waals surface area (Å²) in [7, 11) is -3.72. The van der Waals surface area contributed by atoms with Gasteiger partial charge in [-0.1, -0.05) is 13.8 Å². The van der Waals surface area contributed by atoms with Crippen molar-refractivity contribution >= 4 is 43.4 Å². The lowest BCUT2D eigenvalue weighted by molar-refractivity contribution is 0.0702. The van der Waals surface area contributed by atoms with Crippen LogP contribution in [0.2, 0.25) is 0 Å². The largest absolute Gasteiger partial charge is 0.366 e. The van der Waals surface area contributed by atoms with Crippen molar-refractivity contribution in [2.24, 2.45) is 11.7 Å². The Bertz CT molecular complexity index is 1300. The van der Waals surface area contributed by atoms with Crippen molar-refractivity contribution in [2.45, 2.75) is 32.2 Å². The van der Waals surface area contributed by atoms with E-state index in [4.69, 9.17) is 5.73 Å². The molecule has 1 saturated heterocycles. The van der Waals surface area contributed by atoms with Crippen molar-refractivity contribution in [2.75, 3.05) is 26.2 Å². The molecule has 1 aliphatic rings.